The van der Waals surface area contributed by atoms with Crippen LogP contribution in [0.3, 0.4) is 0 Å². The summed E-state index contributed by atoms with van der Waals surface area (Å²) < 4.78 is 0. The normalized spacial score (nSPS) is 14.7. The maximum Gasteiger partial charge on any atom is 0.280 e. The van der Waals surface area contributed by atoms with Crippen LogP contribution in [0.2, 0.25) is 0 Å². The number of thioether (sulfide) groups is 1. The third kappa shape index (κ3) is 7.12. The van der Waals surface area contributed by atoms with Crippen LogP contribution >= 0.6 is 23.1 Å². The third-order valence-corrected chi connectivity index (χ3v) is 7.19. The number of carbonyl (C=O) groups is 1. The van der Waals surface area contributed by atoms with Gasteiger partial charge in [0.05, 0.1) is 5.69 Å². The van der Waals surface area contributed by atoms with Crippen molar-refractivity contribution in [3.05, 3.63) is 71.0 Å². The number of nitrogens with one attached hydrogen (secondary N) is 2. The van der Waals surface area contributed by atoms with E-state index in [4.69, 9.17) is 4.84 Å². The van der Waals surface area contributed by atoms with E-state index in [9.17, 15) is 4.79 Å². The van der Waals surface area contributed by atoms with Gasteiger partial charge in [-0.3, -0.25) is 15.1 Å². The number of thiazole rings is 1. The number of aromatic nitrogens is 2. The van der Waals surface area contributed by atoms with Gasteiger partial charge in [0.1, 0.15) is 6.10 Å². The van der Waals surface area contributed by atoms with Crippen molar-refractivity contribution < 1.29 is 9.63 Å². The number of benzene rings is 1. The molecular weight excluding hydrogens is 466 g/mol. The number of hydrogen-bond donors (Lipinski definition) is 2. The molecule has 1 saturated carbocycles. The van der Waals surface area contributed by atoms with E-state index in [1.54, 1.807) is 24.2 Å². The van der Waals surface area contributed by atoms with E-state index in [0.717, 1.165) is 46.7 Å². The second-order valence-corrected chi connectivity index (χ2v) is 10.0. The molecule has 1 aromatic carbocycles. The summed E-state index contributed by atoms with van der Waals surface area (Å²) in [6, 6.07) is 13.6. The molecule has 0 bridgehead atoms. The van der Waals surface area contributed by atoms with Crippen LogP contribution in [0.25, 0.3) is 0 Å². The Kier molecular flexibility index (Phi) is 9.06. The fourth-order valence-corrected chi connectivity index (χ4v) is 4.88. The van der Waals surface area contributed by atoms with Crippen molar-refractivity contribution in [3.63, 3.8) is 0 Å². The lowest BCUT2D eigenvalue weighted by Crippen LogP contribution is -2.25. The Morgan fingerprint density at radius 3 is 2.68 bits per heavy atom. The highest BCUT2D eigenvalue weighted by Gasteiger charge is 2.20. The maximum absolute atomic E-state index is 13.2. The fourth-order valence-electron chi connectivity index (χ4n) is 3.69. The molecule has 2 heterocycles. The number of amides is 1. The molecule has 1 amide bonds. The Hall–Kier alpha value is -2.75. The monoisotopic (exact) mass is 495 g/mol. The van der Waals surface area contributed by atoms with Crippen molar-refractivity contribution in [1.29, 1.82) is 0 Å². The number of hydrogen-bond acceptors (Lipinski definition) is 8. The van der Waals surface area contributed by atoms with Crippen molar-refractivity contribution in [1.82, 2.24) is 15.3 Å². The van der Waals surface area contributed by atoms with Crippen LogP contribution in [0.5, 0.6) is 0 Å². The molecule has 0 atom stereocenters. The van der Waals surface area contributed by atoms with E-state index in [0.29, 0.717) is 18.2 Å². The van der Waals surface area contributed by atoms with Gasteiger partial charge in [0.25, 0.3) is 5.91 Å². The quantitative estimate of drug-likeness (QED) is 0.227. The largest absolute Gasteiger partial charge is 0.392 e. The highest BCUT2D eigenvalue weighted by Crippen LogP contribution is 2.22. The SMILES string of the molecule is CSc1ccc(/C(=N\OC2CCCCC2)C(=O)Nc2ncc(CNCc3ccccn3)s2)cc1. The van der Waals surface area contributed by atoms with E-state index in [1.165, 1.54) is 17.8 Å². The third-order valence-electron chi connectivity index (χ3n) is 5.53. The summed E-state index contributed by atoms with van der Waals surface area (Å²) in [7, 11) is 0. The van der Waals surface area contributed by atoms with E-state index in [2.05, 4.69) is 25.8 Å². The number of anilines is 1. The number of pyridine rings is 1. The lowest BCUT2D eigenvalue weighted by molar-refractivity contribution is -0.110. The predicted molar refractivity (Wildman–Crippen MR) is 138 cm³/mol. The topological polar surface area (TPSA) is 88.5 Å². The molecule has 3 aromatic rings. The Bertz CT molecular complexity index is 1080. The Morgan fingerprint density at radius 2 is 1.94 bits per heavy atom. The molecule has 0 spiro atoms. The first kappa shape index (κ1) is 24.4. The van der Waals surface area contributed by atoms with Crippen molar-refractivity contribution in [2.75, 3.05) is 11.6 Å². The summed E-state index contributed by atoms with van der Waals surface area (Å²) in [4.78, 5) is 29.8. The first-order chi connectivity index (χ1) is 16.7. The van der Waals surface area contributed by atoms with Gasteiger partial charge in [-0.2, -0.15) is 0 Å². The van der Waals surface area contributed by atoms with Gasteiger partial charge in [0, 0.05) is 40.8 Å². The second-order valence-electron chi connectivity index (χ2n) is 8.04. The van der Waals surface area contributed by atoms with E-state index in [1.807, 2.05) is 48.7 Å². The molecule has 4 rings (SSSR count). The Morgan fingerprint density at radius 1 is 1.12 bits per heavy atom. The van der Waals surface area contributed by atoms with Crippen LogP contribution in [0.15, 0.2) is 64.9 Å². The average Bonchev–Trinajstić information content (AvgIpc) is 3.33. The molecule has 0 aliphatic heterocycles. The first-order valence-electron chi connectivity index (χ1n) is 11.5. The summed E-state index contributed by atoms with van der Waals surface area (Å²) in [5.74, 6) is -0.324. The maximum atomic E-state index is 13.2. The molecule has 0 unspecified atom stereocenters. The van der Waals surface area contributed by atoms with Crippen LogP contribution < -0.4 is 10.6 Å². The number of rotatable bonds is 10. The molecule has 7 nitrogen and oxygen atoms in total. The molecule has 1 aliphatic rings. The van der Waals surface area contributed by atoms with Gasteiger partial charge < -0.3 is 10.2 Å². The van der Waals surface area contributed by atoms with E-state index >= 15 is 0 Å². The molecule has 178 valence electrons. The van der Waals surface area contributed by atoms with Gasteiger partial charge in [0.15, 0.2) is 10.8 Å². The van der Waals surface area contributed by atoms with Crippen LogP contribution in [-0.4, -0.2) is 33.9 Å². The van der Waals surface area contributed by atoms with Crippen molar-refractivity contribution in [3.8, 4) is 0 Å². The number of carbonyl (C=O) groups excluding carboxylic acids is 1. The lowest BCUT2D eigenvalue weighted by Gasteiger charge is -2.19. The van der Waals surface area contributed by atoms with Crippen molar-refractivity contribution >= 4 is 39.8 Å². The molecule has 34 heavy (non-hydrogen) atoms. The zero-order chi connectivity index (χ0) is 23.6. The molecule has 1 aliphatic carbocycles. The highest BCUT2D eigenvalue weighted by molar-refractivity contribution is 7.98. The van der Waals surface area contributed by atoms with Gasteiger partial charge in [-0.15, -0.1) is 23.1 Å². The van der Waals surface area contributed by atoms with E-state index in [-0.39, 0.29) is 17.7 Å². The van der Waals surface area contributed by atoms with Crippen molar-refractivity contribution in [2.24, 2.45) is 5.16 Å². The summed E-state index contributed by atoms with van der Waals surface area (Å²) in [6.45, 7) is 1.31. The zero-order valence-corrected chi connectivity index (χ0v) is 20.8. The second kappa shape index (κ2) is 12.6. The van der Waals surface area contributed by atoms with Crippen LogP contribution in [0.1, 0.15) is 48.2 Å². The van der Waals surface area contributed by atoms with Gasteiger partial charge >= 0.3 is 0 Å². The highest BCUT2D eigenvalue weighted by atomic mass is 32.2. The van der Waals surface area contributed by atoms with Crippen LogP contribution in [0.4, 0.5) is 5.13 Å². The summed E-state index contributed by atoms with van der Waals surface area (Å²) in [6.07, 6.45) is 11.1. The molecule has 2 aromatic heterocycles. The minimum Gasteiger partial charge on any atom is -0.392 e. The number of oxime groups is 1. The van der Waals surface area contributed by atoms with Crippen LogP contribution in [0, 0.1) is 0 Å². The predicted octanol–water partition coefficient (Wildman–Crippen LogP) is 5.24. The Labute approximate surface area is 208 Å². The minimum atomic E-state index is -0.324. The molecular formula is C25H29N5O2S2. The molecule has 2 N–H and O–H groups in total. The minimum absolute atomic E-state index is 0.0682. The van der Waals surface area contributed by atoms with Gasteiger partial charge in [-0.05, 0) is 56.2 Å². The van der Waals surface area contributed by atoms with Gasteiger partial charge in [-0.1, -0.05) is 29.8 Å². The standard InChI is InChI=1S/C25H29N5O2S2/c1-33-21-12-10-18(11-13-21)23(30-32-20-8-3-2-4-9-20)24(31)29-25-28-17-22(34-25)16-26-15-19-7-5-6-14-27-19/h5-7,10-14,17,20,26H,2-4,8-9,15-16H2,1H3,(H,28,29,31)/b30-23+. The van der Waals surface area contributed by atoms with Gasteiger partial charge in [0.2, 0.25) is 0 Å². The smallest absolute Gasteiger partial charge is 0.280 e. The first-order valence-corrected chi connectivity index (χ1v) is 13.5. The average molecular weight is 496 g/mol. The van der Waals surface area contributed by atoms with Crippen molar-refractivity contribution in [2.45, 2.75) is 56.2 Å². The number of nitrogens with zero attached hydrogens (tertiary/aromatic N) is 3. The van der Waals surface area contributed by atoms with E-state index < -0.39 is 0 Å². The summed E-state index contributed by atoms with van der Waals surface area (Å²) in [5.41, 5.74) is 1.97. The zero-order valence-electron chi connectivity index (χ0n) is 19.2. The molecule has 0 saturated heterocycles. The molecule has 1 fully saturated rings. The van der Waals surface area contributed by atoms with Crippen LogP contribution in [-0.2, 0) is 22.7 Å². The lowest BCUT2D eigenvalue weighted by atomic mass is 9.98. The molecule has 9 heteroatoms. The summed E-state index contributed by atoms with van der Waals surface area (Å²) >= 11 is 3.09. The molecule has 0 radical (unpaired) electrons. The van der Waals surface area contributed by atoms with Gasteiger partial charge in [-0.25, -0.2) is 4.98 Å². The fraction of sp³-hybridized carbons (Fsp3) is 0.360. The summed E-state index contributed by atoms with van der Waals surface area (Å²) in [5, 5.41) is 11.1. The Balaban J connectivity index is 1.40.